The van der Waals surface area contributed by atoms with Crippen LogP contribution in [0.1, 0.15) is 13.8 Å². The summed E-state index contributed by atoms with van der Waals surface area (Å²) in [5, 5.41) is 0. The number of rotatable bonds is 5. The van der Waals surface area contributed by atoms with Gasteiger partial charge in [0.15, 0.2) is 0 Å². The van der Waals surface area contributed by atoms with Crippen LogP contribution in [0.25, 0.3) is 0 Å². The van der Waals surface area contributed by atoms with Crippen molar-refractivity contribution in [3.05, 3.63) is 24.3 Å². The van der Waals surface area contributed by atoms with E-state index in [9.17, 15) is 0 Å². The SMILES string of the molecule is COc1cccc(OCC(C)(C)CN)c1.Cl. The highest BCUT2D eigenvalue weighted by atomic mass is 35.5. The molecular weight excluding hydrogens is 226 g/mol. The van der Waals surface area contributed by atoms with Crippen LogP contribution in [0, 0.1) is 5.41 Å². The average Bonchev–Trinajstić information content (AvgIpc) is 2.27. The Morgan fingerprint density at radius 1 is 1.25 bits per heavy atom. The van der Waals surface area contributed by atoms with Crippen LogP contribution in [0.15, 0.2) is 24.3 Å². The van der Waals surface area contributed by atoms with Crippen LogP contribution >= 0.6 is 12.4 Å². The van der Waals surface area contributed by atoms with E-state index in [-0.39, 0.29) is 17.8 Å². The van der Waals surface area contributed by atoms with E-state index in [2.05, 4.69) is 13.8 Å². The first-order valence-corrected chi connectivity index (χ1v) is 5.04. The number of hydrogen-bond acceptors (Lipinski definition) is 3. The maximum absolute atomic E-state index is 5.64. The molecule has 0 amide bonds. The zero-order chi connectivity index (χ0) is 11.3. The molecule has 0 saturated heterocycles. The van der Waals surface area contributed by atoms with Crippen molar-refractivity contribution in [2.45, 2.75) is 13.8 Å². The molecule has 1 rings (SSSR count). The second kappa shape index (κ2) is 6.61. The van der Waals surface area contributed by atoms with E-state index in [0.29, 0.717) is 13.2 Å². The van der Waals surface area contributed by atoms with Gasteiger partial charge < -0.3 is 15.2 Å². The average molecular weight is 246 g/mol. The molecule has 0 fully saturated rings. The fraction of sp³-hybridized carbons (Fsp3) is 0.500. The lowest BCUT2D eigenvalue weighted by atomic mass is 9.95. The molecule has 0 saturated carbocycles. The first-order valence-electron chi connectivity index (χ1n) is 5.04. The van der Waals surface area contributed by atoms with E-state index < -0.39 is 0 Å². The van der Waals surface area contributed by atoms with Crippen LogP contribution in [0.5, 0.6) is 11.5 Å². The van der Waals surface area contributed by atoms with Gasteiger partial charge in [-0.2, -0.15) is 0 Å². The van der Waals surface area contributed by atoms with E-state index in [4.69, 9.17) is 15.2 Å². The smallest absolute Gasteiger partial charge is 0.123 e. The molecule has 0 unspecified atom stereocenters. The molecule has 1 aromatic carbocycles. The van der Waals surface area contributed by atoms with Gasteiger partial charge in [-0.25, -0.2) is 0 Å². The van der Waals surface area contributed by atoms with E-state index in [1.54, 1.807) is 7.11 Å². The van der Waals surface area contributed by atoms with Crippen molar-refractivity contribution >= 4 is 12.4 Å². The maximum Gasteiger partial charge on any atom is 0.123 e. The Balaban J connectivity index is 0.00000225. The Bertz CT molecular complexity index is 316. The van der Waals surface area contributed by atoms with Crippen molar-refractivity contribution in [2.24, 2.45) is 11.1 Å². The summed E-state index contributed by atoms with van der Waals surface area (Å²) >= 11 is 0. The zero-order valence-electron chi connectivity index (χ0n) is 10.0. The molecule has 0 aliphatic rings. The number of methoxy groups -OCH3 is 1. The number of benzene rings is 1. The summed E-state index contributed by atoms with van der Waals surface area (Å²) in [6.45, 7) is 5.37. The summed E-state index contributed by atoms with van der Waals surface area (Å²) in [4.78, 5) is 0. The quantitative estimate of drug-likeness (QED) is 0.867. The first kappa shape index (κ1) is 15.1. The Morgan fingerprint density at radius 2 is 1.88 bits per heavy atom. The first-order chi connectivity index (χ1) is 7.07. The Kier molecular flexibility index (Phi) is 6.22. The molecule has 0 aliphatic heterocycles. The Labute approximate surface area is 103 Å². The monoisotopic (exact) mass is 245 g/mol. The summed E-state index contributed by atoms with van der Waals surface area (Å²) in [6, 6.07) is 7.58. The minimum atomic E-state index is 0. The fourth-order valence-corrected chi connectivity index (χ4v) is 1.03. The molecular formula is C12H20ClNO2. The highest BCUT2D eigenvalue weighted by Gasteiger charge is 2.16. The molecule has 0 spiro atoms. The third-order valence-corrected chi connectivity index (χ3v) is 2.22. The Hall–Kier alpha value is -0.930. The lowest BCUT2D eigenvalue weighted by Crippen LogP contribution is -2.30. The van der Waals surface area contributed by atoms with E-state index >= 15 is 0 Å². The minimum absolute atomic E-state index is 0. The zero-order valence-corrected chi connectivity index (χ0v) is 10.8. The highest BCUT2D eigenvalue weighted by Crippen LogP contribution is 2.21. The van der Waals surface area contributed by atoms with Gasteiger partial charge in [-0.15, -0.1) is 12.4 Å². The van der Waals surface area contributed by atoms with Crippen LogP contribution in [0.2, 0.25) is 0 Å². The maximum atomic E-state index is 5.64. The molecule has 4 heteroatoms. The van der Waals surface area contributed by atoms with Crippen molar-refractivity contribution in [1.29, 1.82) is 0 Å². The fourth-order valence-electron chi connectivity index (χ4n) is 1.03. The molecule has 0 radical (unpaired) electrons. The van der Waals surface area contributed by atoms with Gasteiger partial charge in [0.25, 0.3) is 0 Å². The second-order valence-corrected chi connectivity index (χ2v) is 4.34. The molecule has 92 valence electrons. The normalized spacial score (nSPS) is 10.5. The largest absolute Gasteiger partial charge is 0.497 e. The van der Waals surface area contributed by atoms with Crippen LogP contribution in [0.3, 0.4) is 0 Å². The summed E-state index contributed by atoms with van der Waals surface area (Å²) in [7, 11) is 1.64. The van der Waals surface area contributed by atoms with E-state index in [1.807, 2.05) is 24.3 Å². The molecule has 1 aromatic rings. The number of nitrogens with two attached hydrogens (primary N) is 1. The predicted octanol–water partition coefficient (Wildman–Crippen LogP) is 2.48. The van der Waals surface area contributed by atoms with E-state index in [0.717, 1.165) is 11.5 Å². The molecule has 2 N–H and O–H groups in total. The summed E-state index contributed by atoms with van der Waals surface area (Å²) < 4.78 is 10.8. The van der Waals surface area contributed by atoms with E-state index in [1.165, 1.54) is 0 Å². The number of halogens is 1. The van der Waals surface area contributed by atoms with Crippen molar-refractivity contribution in [1.82, 2.24) is 0 Å². The third-order valence-electron chi connectivity index (χ3n) is 2.22. The van der Waals surface area contributed by atoms with Gasteiger partial charge in [0, 0.05) is 18.0 Å². The minimum Gasteiger partial charge on any atom is -0.497 e. The summed E-state index contributed by atoms with van der Waals surface area (Å²) in [5.74, 6) is 1.62. The van der Waals surface area contributed by atoms with Crippen LogP contribution in [-0.2, 0) is 0 Å². The van der Waals surface area contributed by atoms with Crippen LogP contribution < -0.4 is 15.2 Å². The molecule has 0 aliphatic carbocycles. The molecule has 0 atom stereocenters. The van der Waals surface area contributed by atoms with Gasteiger partial charge in [0.2, 0.25) is 0 Å². The molecule has 0 heterocycles. The van der Waals surface area contributed by atoms with Gasteiger partial charge >= 0.3 is 0 Å². The van der Waals surface area contributed by atoms with Crippen LogP contribution in [0.4, 0.5) is 0 Å². The standard InChI is InChI=1S/C12H19NO2.ClH/c1-12(2,8-13)9-15-11-6-4-5-10(7-11)14-3;/h4-7H,8-9,13H2,1-3H3;1H. The lowest BCUT2D eigenvalue weighted by Gasteiger charge is -2.22. The Morgan fingerprint density at radius 3 is 2.44 bits per heavy atom. The van der Waals surface area contributed by atoms with Crippen molar-refractivity contribution in [3.8, 4) is 11.5 Å². The summed E-state index contributed by atoms with van der Waals surface area (Å²) in [6.07, 6.45) is 0. The molecule has 0 bridgehead atoms. The molecule has 0 aromatic heterocycles. The highest BCUT2D eigenvalue weighted by molar-refractivity contribution is 5.85. The van der Waals surface area contributed by atoms with Gasteiger partial charge in [0.05, 0.1) is 13.7 Å². The topological polar surface area (TPSA) is 44.5 Å². The van der Waals surface area contributed by atoms with Crippen molar-refractivity contribution < 1.29 is 9.47 Å². The molecule has 3 nitrogen and oxygen atoms in total. The number of hydrogen-bond donors (Lipinski definition) is 1. The lowest BCUT2D eigenvalue weighted by molar-refractivity contribution is 0.186. The van der Waals surface area contributed by atoms with Crippen LogP contribution in [-0.4, -0.2) is 20.3 Å². The van der Waals surface area contributed by atoms with Gasteiger partial charge in [-0.3, -0.25) is 0 Å². The van der Waals surface area contributed by atoms with Gasteiger partial charge in [-0.05, 0) is 12.1 Å². The summed E-state index contributed by atoms with van der Waals surface area (Å²) in [5.41, 5.74) is 5.62. The predicted molar refractivity (Wildman–Crippen MR) is 68.6 cm³/mol. The number of ether oxygens (including phenoxy) is 2. The second-order valence-electron chi connectivity index (χ2n) is 4.34. The van der Waals surface area contributed by atoms with Crippen molar-refractivity contribution in [2.75, 3.05) is 20.3 Å². The van der Waals surface area contributed by atoms with Crippen molar-refractivity contribution in [3.63, 3.8) is 0 Å². The molecule has 16 heavy (non-hydrogen) atoms. The van der Waals surface area contributed by atoms with Gasteiger partial charge in [-0.1, -0.05) is 19.9 Å². The third kappa shape index (κ3) is 4.73. The van der Waals surface area contributed by atoms with Gasteiger partial charge in [0.1, 0.15) is 11.5 Å².